The van der Waals surface area contributed by atoms with Crippen molar-refractivity contribution in [3.05, 3.63) is 53.6 Å². The minimum atomic E-state index is -1.39. The van der Waals surface area contributed by atoms with Crippen molar-refractivity contribution in [3.63, 3.8) is 0 Å². The number of ether oxygens (including phenoxy) is 1. The molecule has 54 heavy (non-hydrogen) atoms. The van der Waals surface area contributed by atoms with E-state index in [1.54, 1.807) is 27.3 Å². The summed E-state index contributed by atoms with van der Waals surface area (Å²) in [4.78, 5) is 91.6. The number of hydrogen-bond donors (Lipinski definition) is 5. The average Bonchev–Trinajstić information content (AvgIpc) is 3.42. The molecule has 5 N–H and O–H groups in total. The predicted molar refractivity (Wildman–Crippen MR) is 203 cm³/mol. The van der Waals surface area contributed by atoms with E-state index in [1.807, 2.05) is 72.7 Å². The smallest absolute Gasteiger partial charge is 0.326 e. The van der Waals surface area contributed by atoms with Gasteiger partial charge in [0, 0.05) is 49.7 Å². The second-order valence-corrected chi connectivity index (χ2v) is 15.4. The fourth-order valence-electron chi connectivity index (χ4n) is 6.17. The van der Waals surface area contributed by atoms with Gasteiger partial charge in [-0.2, -0.15) is 0 Å². The van der Waals surface area contributed by atoms with Crippen LogP contribution in [0.5, 0.6) is 5.75 Å². The molecule has 0 bridgehead atoms. The number of carboxylic acids is 1. The molecule has 15 heteroatoms. The molecule has 1 aliphatic rings. The first-order valence-corrected chi connectivity index (χ1v) is 18.0. The molecule has 6 amide bonds. The van der Waals surface area contributed by atoms with E-state index >= 15 is 0 Å². The van der Waals surface area contributed by atoms with Crippen molar-refractivity contribution in [2.75, 3.05) is 34.3 Å². The van der Waals surface area contributed by atoms with E-state index in [-0.39, 0.29) is 49.2 Å². The van der Waals surface area contributed by atoms with Gasteiger partial charge in [0.25, 0.3) is 11.8 Å². The largest absolute Gasteiger partial charge is 0.497 e. The summed E-state index contributed by atoms with van der Waals surface area (Å²) >= 11 is 0. The lowest BCUT2D eigenvalue weighted by atomic mass is 9.76. The Balaban J connectivity index is 2.17. The summed E-state index contributed by atoms with van der Waals surface area (Å²) in [5.41, 5.74) is -0.394. The molecule has 298 valence electrons. The van der Waals surface area contributed by atoms with E-state index in [4.69, 9.17) is 4.74 Å². The second kappa shape index (κ2) is 19.3. The van der Waals surface area contributed by atoms with Gasteiger partial charge in [0.1, 0.15) is 17.8 Å². The molecule has 15 nitrogen and oxygen atoms in total. The number of nitrogens with zero attached hydrogens (tertiary/aromatic N) is 2. The van der Waals surface area contributed by atoms with Gasteiger partial charge < -0.3 is 36.0 Å². The fraction of sp³-hybridized carbons (Fsp3) is 0.564. The van der Waals surface area contributed by atoms with Crippen LogP contribution in [0.3, 0.4) is 0 Å². The molecule has 0 spiro atoms. The van der Waals surface area contributed by atoms with Gasteiger partial charge in [-0.1, -0.05) is 66.7 Å². The maximum absolute atomic E-state index is 14.2. The Morgan fingerprint density at radius 3 is 2.11 bits per heavy atom. The van der Waals surface area contributed by atoms with Crippen LogP contribution in [-0.2, 0) is 39.0 Å². The van der Waals surface area contributed by atoms with Crippen LogP contribution in [0.4, 0.5) is 0 Å². The first-order valence-electron chi connectivity index (χ1n) is 18.0. The van der Waals surface area contributed by atoms with E-state index in [0.29, 0.717) is 5.75 Å². The van der Waals surface area contributed by atoms with Crippen LogP contribution in [-0.4, -0.2) is 115 Å². The third kappa shape index (κ3) is 12.0. The van der Waals surface area contributed by atoms with Crippen LogP contribution < -0.4 is 26.0 Å². The van der Waals surface area contributed by atoms with Crippen LogP contribution >= 0.6 is 0 Å². The summed E-state index contributed by atoms with van der Waals surface area (Å²) in [5.74, 6) is -3.79. The first kappa shape index (κ1) is 45.1. The number of nitrogens with one attached hydrogen (secondary N) is 4. The Labute approximate surface area is 318 Å². The summed E-state index contributed by atoms with van der Waals surface area (Å²) in [6.45, 7) is 14.6. The molecule has 0 aromatic heterocycles. The van der Waals surface area contributed by atoms with Crippen molar-refractivity contribution in [3.8, 4) is 5.75 Å². The molecular formula is C39H58N6O9. The Morgan fingerprint density at radius 1 is 0.981 bits per heavy atom. The second-order valence-electron chi connectivity index (χ2n) is 15.4. The van der Waals surface area contributed by atoms with Crippen LogP contribution in [0.15, 0.2) is 48.1 Å². The number of rotatable bonds is 19. The number of benzene rings is 1. The Morgan fingerprint density at radius 2 is 1.59 bits per heavy atom. The van der Waals surface area contributed by atoms with Crippen LogP contribution in [0.25, 0.3) is 0 Å². The summed E-state index contributed by atoms with van der Waals surface area (Å²) in [6.07, 6.45) is 3.40. The van der Waals surface area contributed by atoms with Crippen molar-refractivity contribution in [1.29, 1.82) is 0 Å². The maximum atomic E-state index is 14.2. The molecule has 0 saturated carbocycles. The molecule has 1 aromatic rings. The minimum Gasteiger partial charge on any atom is -0.497 e. The molecule has 4 atom stereocenters. The number of hydrogen-bond acceptors (Lipinski definition) is 9. The lowest BCUT2D eigenvalue weighted by Gasteiger charge is -2.40. The molecule has 1 unspecified atom stereocenters. The number of carboxylic acid groups (broad SMARTS) is 1. The Bertz CT molecular complexity index is 1610. The van der Waals surface area contributed by atoms with E-state index in [9.17, 15) is 38.7 Å². The molecule has 1 heterocycles. The highest BCUT2D eigenvalue weighted by atomic mass is 16.5. The summed E-state index contributed by atoms with van der Waals surface area (Å²) in [7, 11) is 4.86. The molecule has 1 aliphatic heterocycles. The standard InChI is InChI=1S/C39H58N6O9/c1-23(2)28(21-24(3)34(49)42-27(37(52)53)15-16-29(46)41-19-20-45-30(47)17-18-31(45)48)44(10)36(51)33(38(4,5)6)43-35(50)32(40-9)39(7,8)25-13-12-14-26(22-25)54-11/h12-14,17-18,21-23,27-28,32-33,40H,15-16,19-20H2,1-11H3,(H,41,46)(H,42,49)(H,43,50)(H,52,53)/b24-21+/t27-,28-,32-,33?/m1/s1. The number of likely N-dealkylation sites (N-methyl/N-ethyl adjacent to an activating group) is 2. The number of carbonyl (C=O) groups excluding carboxylic acids is 6. The third-order valence-corrected chi connectivity index (χ3v) is 9.56. The van der Waals surface area contributed by atoms with E-state index in [0.717, 1.165) is 22.6 Å². The zero-order valence-corrected chi connectivity index (χ0v) is 33.4. The van der Waals surface area contributed by atoms with Crippen molar-refractivity contribution >= 4 is 41.4 Å². The number of amides is 6. The molecule has 0 fully saturated rings. The third-order valence-electron chi connectivity index (χ3n) is 9.56. The number of aliphatic carboxylic acids is 1. The fourth-order valence-corrected chi connectivity index (χ4v) is 6.17. The normalized spacial score (nSPS) is 15.7. The summed E-state index contributed by atoms with van der Waals surface area (Å²) in [6, 6.07) is 3.78. The van der Waals surface area contributed by atoms with Gasteiger partial charge in [0.2, 0.25) is 23.6 Å². The van der Waals surface area contributed by atoms with Gasteiger partial charge in [-0.15, -0.1) is 0 Å². The predicted octanol–water partition coefficient (Wildman–Crippen LogP) is 1.91. The van der Waals surface area contributed by atoms with Gasteiger partial charge in [0.05, 0.1) is 19.2 Å². The zero-order chi connectivity index (χ0) is 41.1. The molecule has 0 radical (unpaired) electrons. The summed E-state index contributed by atoms with van der Waals surface area (Å²) in [5, 5.41) is 20.9. The minimum absolute atomic E-state index is 0.0100. The quantitative estimate of drug-likeness (QED) is 0.103. The highest BCUT2D eigenvalue weighted by Crippen LogP contribution is 2.31. The maximum Gasteiger partial charge on any atom is 0.326 e. The van der Waals surface area contributed by atoms with E-state index < -0.39 is 64.6 Å². The molecular weight excluding hydrogens is 696 g/mol. The number of imide groups is 1. The topological polar surface area (TPSA) is 204 Å². The highest BCUT2D eigenvalue weighted by molar-refractivity contribution is 6.12. The van der Waals surface area contributed by atoms with Crippen molar-refractivity contribution in [2.45, 2.75) is 97.8 Å². The van der Waals surface area contributed by atoms with Crippen molar-refractivity contribution in [1.82, 2.24) is 31.1 Å². The average molecular weight is 755 g/mol. The molecule has 2 rings (SSSR count). The SMILES string of the molecule is CN[C@H](C(=O)NC(C(=O)N(C)[C@H](/C=C(\C)C(=O)N[C@H](CCC(=O)NCCN1C(=O)C=CC1=O)C(=O)O)C(C)C)C(C)(C)C)C(C)(C)c1cccc(OC)c1. The zero-order valence-electron chi connectivity index (χ0n) is 33.4. The van der Waals surface area contributed by atoms with Crippen molar-refractivity contribution in [2.24, 2.45) is 11.3 Å². The number of carbonyl (C=O) groups is 7. The lowest BCUT2D eigenvalue weighted by molar-refractivity contribution is -0.142. The van der Waals surface area contributed by atoms with Gasteiger partial charge in [0.15, 0.2) is 0 Å². The monoisotopic (exact) mass is 754 g/mol. The lowest BCUT2D eigenvalue weighted by Crippen LogP contribution is -2.61. The van der Waals surface area contributed by atoms with Crippen molar-refractivity contribution < 1.29 is 43.4 Å². The van der Waals surface area contributed by atoms with Crippen LogP contribution in [0.2, 0.25) is 0 Å². The van der Waals surface area contributed by atoms with Crippen LogP contribution in [0.1, 0.15) is 73.8 Å². The summed E-state index contributed by atoms with van der Waals surface area (Å²) < 4.78 is 5.39. The number of methoxy groups -OCH3 is 1. The van der Waals surface area contributed by atoms with Gasteiger partial charge in [-0.05, 0) is 49.4 Å². The first-order chi connectivity index (χ1) is 25.1. The molecule has 0 aliphatic carbocycles. The van der Waals surface area contributed by atoms with E-state index in [1.165, 1.54) is 11.8 Å². The van der Waals surface area contributed by atoms with Gasteiger partial charge in [-0.3, -0.25) is 33.7 Å². The molecule has 0 saturated heterocycles. The van der Waals surface area contributed by atoms with Crippen LogP contribution in [0, 0.1) is 11.3 Å². The van der Waals surface area contributed by atoms with Gasteiger partial charge in [-0.25, -0.2) is 4.79 Å². The van der Waals surface area contributed by atoms with Gasteiger partial charge >= 0.3 is 5.97 Å². The Kier molecular flexibility index (Phi) is 16.1. The Hall–Kier alpha value is -5.05. The molecule has 1 aromatic carbocycles. The van der Waals surface area contributed by atoms with E-state index in [2.05, 4.69) is 21.3 Å². The highest BCUT2D eigenvalue weighted by Gasteiger charge is 2.42.